The molecule has 0 spiro atoms. The Kier molecular flexibility index (Phi) is 6.07. The molecular formula is C24H24FN5O2S. The number of amides is 1. The summed E-state index contributed by atoms with van der Waals surface area (Å²) in [6.45, 7) is 7.88. The first-order valence-electron chi connectivity index (χ1n) is 10.4. The van der Waals surface area contributed by atoms with Gasteiger partial charge in [-0.3, -0.25) is 14.2 Å². The minimum absolute atomic E-state index is 0.0281. The highest BCUT2D eigenvalue weighted by Gasteiger charge is 2.21. The molecule has 0 saturated heterocycles. The number of halogens is 1. The van der Waals surface area contributed by atoms with Crippen LogP contribution in [-0.4, -0.2) is 31.0 Å². The molecule has 1 N–H and O–H groups in total. The number of carbonyl (C=O) groups is 1. The molecule has 2 aromatic heterocycles. The second-order valence-corrected chi connectivity index (χ2v) is 9.56. The number of carbonyl (C=O) groups excluding carboxylic acids is 1. The van der Waals surface area contributed by atoms with Gasteiger partial charge in [-0.25, -0.2) is 14.1 Å². The fourth-order valence-electron chi connectivity index (χ4n) is 3.44. The Morgan fingerprint density at radius 2 is 1.82 bits per heavy atom. The van der Waals surface area contributed by atoms with Gasteiger partial charge in [0.15, 0.2) is 5.16 Å². The molecule has 7 nitrogen and oxygen atoms in total. The van der Waals surface area contributed by atoms with E-state index < -0.39 is 5.82 Å². The zero-order chi connectivity index (χ0) is 23.8. The van der Waals surface area contributed by atoms with E-state index in [9.17, 15) is 14.0 Å². The summed E-state index contributed by atoms with van der Waals surface area (Å²) in [5.74, 6) is -0.0216. The van der Waals surface area contributed by atoms with Gasteiger partial charge >= 0.3 is 0 Å². The number of nitrogens with zero attached hydrogens (tertiary/aromatic N) is 4. The largest absolute Gasteiger partial charge is 0.310 e. The molecule has 4 aromatic rings. The first-order valence-corrected chi connectivity index (χ1v) is 11.4. The number of nitrogens with one attached hydrogen (secondary N) is 1. The van der Waals surface area contributed by atoms with Crippen LogP contribution in [0.3, 0.4) is 0 Å². The predicted octanol–water partition coefficient (Wildman–Crippen LogP) is 4.52. The number of benzene rings is 2. The monoisotopic (exact) mass is 465 g/mol. The highest BCUT2D eigenvalue weighted by molar-refractivity contribution is 7.99. The number of aromatic nitrogens is 4. The average molecular weight is 466 g/mol. The Bertz CT molecular complexity index is 1390. The molecule has 0 unspecified atom stereocenters. The van der Waals surface area contributed by atoms with E-state index in [0.717, 1.165) is 17.5 Å². The van der Waals surface area contributed by atoms with Gasteiger partial charge in [0.2, 0.25) is 5.91 Å². The number of anilines is 1. The van der Waals surface area contributed by atoms with E-state index in [1.807, 2.05) is 33.8 Å². The van der Waals surface area contributed by atoms with Crippen molar-refractivity contribution in [2.75, 3.05) is 11.1 Å². The van der Waals surface area contributed by atoms with E-state index in [4.69, 9.17) is 0 Å². The summed E-state index contributed by atoms with van der Waals surface area (Å²) in [4.78, 5) is 30.6. The van der Waals surface area contributed by atoms with E-state index >= 15 is 0 Å². The Balaban J connectivity index is 1.65. The molecule has 1 amide bonds. The molecule has 0 aliphatic rings. The molecule has 170 valence electrons. The van der Waals surface area contributed by atoms with Crippen molar-refractivity contribution in [2.45, 2.75) is 38.4 Å². The van der Waals surface area contributed by atoms with E-state index in [2.05, 4.69) is 15.4 Å². The van der Waals surface area contributed by atoms with Gasteiger partial charge in [-0.15, -0.1) is 0 Å². The summed E-state index contributed by atoms with van der Waals surface area (Å²) < 4.78 is 16.6. The molecule has 2 aromatic carbocycles. The van der Waals surface area contributed by atoms with Crippen molar-refractivity contribution < 1.29 is 9.18 Å². The molecule has 0 atom stereocenters. The maximum atomic E-state index is 13.5. The van der Waals surface area contributed by atoms with Crippen LogP contribution in [0, 0.1) is 12.7 Å². The van der Waals surface area contributed by atoms with Gasteiger partial charge < -0.3 is 5.32 Å². The van der Waals surface area contributed by atoms with Crippen LogP contribution in [0.2, 0.25) is 0 Å². The number of rotatable bonds is 5. The number of hydrogen-bond donors (Lipinski definition) is 1. The lowest BCUT2D eigenvalue weighted by Crippen LogP contribution is -2.27. The topological polar surface area (TPSA) is 81.8 Å². The highest BCUT2D eigenvalue weighted by Crippen LogP contribution is 2.24. The maximum absolute atomic E-state index is 13.5. The van der Waals surface area contributed by atoms with Crippen molar-refractivity contribution in [1.29, 1.82) is 0 Å². The summed E-state index contributed by atoms with van der Waals surface area (Å²) in [6.07, 6.45) is 0. The van der Waals surface area contributed by atoms with Crippen molar-refractivity contribution in [3.8, 4) is 5.69 Å². The normalized spacial score (nSPS) is 11.7. The third-order valence-electron chi connectivity index (χ3n) is 4.90. The molecule has 0 aliphatic heterocycles. The molecule has 9 heteroatoms. The molecule has 2 heterocycles. The first-order chi connectivity index (χ1) is 15.6. The van der Waals surface area contributed by atoms with E-state index in [1.54, 1.807) is 28.9 Å². The first kappa shape index (κ1) is 22.7. The highest BCUT2D eigenvalue weighted by atomic mass is 32.2. The van der Waals surface area contributed by atoms with E-state index in [1.165, 1.54) is 28.8 Å². The third kappa shape index (κ3) is 4.83. The van der Waals surface area contributed by atoms with Crippen molar-refractivity contribution >= 4 is 34.4 Å². The van der Waals surface area contributed by atoms with Crippen molar-refractivity contribution in [2.24, 2.45) is 0 Å². The lowest BCUT2D eigenvalue weighted by Gasteiger charge is -2.22. The summed E-state index contributed by atoms with van der Waals surface area (Å²) in [5, 5.41) is 8.16. The minimum Gasteiger partial charge on any atom is -0.310 e. The van der Waals surface area contributed by atoms with Gasteiger partial charge in [0, 0.05) is 6.07 Å². The van der Waals surface area contributed by atoms with E-state index in [0.29, 0.717) is 27.6 Å². The standard InChI is InChI=1S/C24H24FN5O2S/c1-15-13-20(30(28-15)24(2,3)4)27-21(31)14-33-23-26-19-8-6-5-7-18(19)22(32)29(23)17-11-9-16(25)10-12-17/h5-13H,14H2,1-4H3,(H,27,31). The molecule has 0 radical (unpaired) electrons. The van der Waals surface area contributed by atoms with Gasteiger partial charge in [-0.1, -0.05) is 23.9 Å². The lowest BCUT2D eigenvalue weighted by atomic mass is 10.1. The van der Waals surface area contributed by atoms with Crippen LogP contribution in [0.15, 0.2) is 64.5 Å². The van der Waals surface area contributed by atoms with Crippen LogP contribution in [-0.2, 0) is 10.3 Å². The Hall–Kier alpha value is -3.46. The van der Waals surface area contributed by atoms with Gasteiger partial charge in [-0.05, 0) is 64.1 Å². The second-order valence-electron chi connectivity index (χ2n) is 8.62. The zero-order valence-corrected chi connectivity index (χ0v) is 19.6. The number of aryl methyl sites for hydroxylation is 1. The Morgan fingerprint density at radius 1 is 1.12 bits per heavy atom. The SMILES string of the molecule is Cc1cc(NC(=O)CSc2nc3ccccc3c(=O)n2-c2ccc(F)cc2)n(C(C)(C)C)n1. The smallest absolute Gasteiger partial charge is 0.266 e. The molecule has 0 aliphatic carbocycles. The van der Waals surface area contributed by atoms with Gasteiger partial charge in [-0.2, -0.15) is 5.10 Å². The summed E-state index contributed by atoms with van der Waals surface area (Å²) in [5.41, 5.74) is 1.23. The molecule has 33 heavy (non-hydrogen) atoms. The number of fused-ring (bicyclic) bond motifs is 1. The summed E-state index contributed by atoms with van der Waals surface area (Å²) in [7, 11) is 0. The average Bonchev–Trinajstić information content (AvgIpc) is 3.14. The fraction of sp³-hybridized carbons (Fsp3) is 0.250. The van der Waals surface area contributed by atoms with Gasteiger partial charge in [0.05, 0.1) is 33.6 Å². The van der Waals surface area contributed by atoms with Crippen LogP contribution in [0.5, 0.6) is 0 Å². The Labute approximate surface area is 194 Å². The van der Waals surface area contributed by atoms with Crippen LogP contribution in [0.4, 0.5) is 10.2 Å². The Morgan fingerprint density at radius 3 is 2.52 bits per heavy atom. The lowest BCUT2D eigenvalue weighted by molar-refractivity contribution is -0.113. The van der Waals surface area contributed by atoms with Crippen LogP contribution in [0.25, 0.3) is 16.6 Å². The van der Waals surface area contributed by atoms with Gasteiger partial charge in [0.25, 0.3) is 5.56 Å². The van der Waals surface area contributed by atoms with E-state index in [-0.39, 0.29) is 22.8 Å². The van der Waals surface area contributed by atoms with Crippen molar-refractivity contribution in [3.05, 3.63) is 76.5 Å². The zero-order valence-electron chi connectivity index (χ0n) is 18.8. The quantitative estimate of drug-likeness (QED) is 0.346. The minimum atomic E-state index is -0.403. The number of thioether (sulfide) groups is 1. The van der Waals surface area contributed by atoms with Crippen LogP contribution >= 0.6 is 11.8 Å². The van der Waals surface area contributed by atoms with Crippen LogP contribution < -0.4 is 10.9 Å². The maximum Gasteiger partial charge on any atom is 0.266 e. The molecule has 0 saturated carbocycles. The predicted molar refractivity (Wildman–Crippen MR) is 129 cm³/mol. The van der Waals surface area contributed by atoms with Crippen LogP contribution in [0.1, 0.15) is 26.5 Å². The molecule has 0 fully saturated rings. The summed E-state index contributed by atoms with van der Waals surface area (Å²) in [6, 6.07) is 14.4. The number of hydrogen-bond acceptors (Lipinski definition) is 5. The van der Waals surface area contributed by atoms with Crippen molar-refractivity contribution in [3.63, 3.8) is 0 Å². The molecule has 4 rings (SSSR count). The second kappa shape index (κ2) is 8.82. The molecular weight excluding hydrogens is 441 g/mol. The summed E-state index contributed by atoms with van der Waals surface area (Å²) >= 11 is 1.14. The molecule has 0 bridgehead atoms. The number of para-hydroxylation sites is 1. The fourth-order valence-corrected chi connectivity index (χ4v) is 4.25. The van der Waals surface area contributed by atoms with Crippen molar-refractivity contribution in [1.82, 2.24) is 19.3 Å². The third-order valence-corrected chi connectivity index (χ3v) is 5.84. The van der Waals surface area contributed by atoms with Gasteiger partial charge in [0.1, 0.15) is 11.6 Å².